The molecule has 0 amide bonds. The maximum absolute atomic E-state index is 4.36. The van der Waals surface area contributed by atoms with E-state index in [1.807, 2.05) is 12.4 Å². The molecule has 92 valence electrons. The maximum atomic E-state index is 4.36. The molecule has 0 aromatic carbocycles. The highest BCUT2D eigenvalue weighted by Crippen LogP contribution is 2.40. The molecule has 1 aliphatic heterocycles. The number of anilines is 2. The highest BCUT2D eigenvalue weighted by Gasteiger charge is 2.37. The first kappa shape index (κ1) is 10.9. The molecule has 3 rings (SSSR count). The Morgan fingerprint density at radius 3 is 3.06 bits per heavy atom. The molecule has 2 fully saturated rings. The van der Waals surface area contributed by atoms with Gasteiger partial charge >= 0.3 is 0 Å². The molecule has 1 aromatic rings. The van der Waals surface area contributed by atoms with Gasteiger partial charge in [-0.05, 0) is 37.7 Å². The predicted molar refractivity (Wildman–Crippen MR) is 71.5 cm³/mol. The van der Waals surface area contributed by atoms with Crippen LogP contribution in [0, 0.1) is 5.92 Å². The van der Waals surface area contributed by atoms with Crippen molar-refractivity contribution in [3.8, 4) is 0 Å². The average Bonchev–Trinajstić information content (AvgIpc) is 2.99. The minimum Gasteiger partial charge on any atom is -0.384 e. The van der Waals surface area contributed by atoms with Crippen molar-refractivity contribution in [2.45, 2.75) is 38.6 Å². The van der Waals surface area contributed by atoms with Gasteiger partial charge in [0.15, 0.2) is 0 Å². The zero-order chi connectivity index (χ0) is 11.7. The molecule has 1 N–H and O–H groups in total. The van der Waals surface area contributed by atoms with Crippen LogP contribution in [0.4, 0.5) is 11.4 Å². The first-order valence-corrected chi connectivity index (χ1v) is 6.82. The van der Waals surface area contributed by atoms with Crippen molar-refractivity contribution in [2.75, 3.05) is 23.3 Å². The predicted octanol–water partition coefficient (Wildman–Crippen LogP) is 2.89. The van der Waals surface area contributed by atoms with E-state index < -0.39 is 0 Å². The van der Waals surface area contributed by atoms with Gasteiger partial charge in [-0.25, -0.2) is 0 Å². The highest BCUT2D eigenvalue weighted by atomic mass is 15.2. The third kappa shape index (κ3) is 2.11. The fourth-order valence-corrected chi connectivity index (χ4v) is 3.19. The lowest BCUT2D eigenvalue weighted by molar-refractivity contribution is 0.553. The normalized spacial score (nSPS) is 26.5. The summed E-state index contributed by atoms with van der Waals surface area (Å²) in [7, 11) is 0. The first-order valence-electron chi connectivity index (χ1n) is 6.82. The molecular weight excluding hydrogens is 210 g/mol. The summed E-state index contributed by atoms with van der Waals surface area (Å²) in [6, 6.07) is 3.03. The van der Waals surface area contributed by atoms with Crippen molar-refractivity contribution in [1.82, 2.24) is 4.98 Å². The molecule has 0 radical (unpaired) electrons. The SMILES string of the molecule is CCCNc1cncc(N2CC3CCC2C3)c1. The van der Waals surface area contributed by atoms with Gasteiger partial charge in [-0.15, -0.1) is 0 Å². The molecule has 3 nitrogen and oxygen atoms in total. The third-order valence-electron chi connectivity index (χ3n) is 4.04. The summed E-state index contributed by atoms with van der Waals surface area (Å²) >= 11 is 0. The Hall–Kier alpha value is -1.25. The van der Waals surface area contributed by atoms with E-state index in [2.05, 4.69) is 28.2 Å². The molecule has 1 aliphatic carbocycles. The molecule has 2 bridgehead atoms. The van der Waals surface area contributed by atoms with Crippen LogP contribution in [0.25, 0.3) is 0 Å². The van der Waals surface area contributed by atoms with Crippen molar-refractivity contribution in [1.29, 1.82) is 0 Å². The topological polar surface area (TPSA) is 28.2 Å². The smallest absolute Gasteiger partial charge is 0.0576 e. The second-order valence-corrected chi connectivity index (χ2v) is 5.34. The molecule has 2 heterocycles. The molecule has 0 spiro atoms. The number of nitrogens with one attached hydrogen (secondary N) is 1. The van der Waals surface area contributed by atoms with Gasteiger partial charge in [0.2, 0.25) is 0 Å². The summed E-state index contributed by atoms with van der Waals surface area (Å²) in [6.07, 6.45) is 9.29. The first-order chi connectivity index (χ1) is 8.36. The Morgan fingerprint density at radius 1 is 1.41 bits per heavy atom. The second kappa shape index (κ2) is 4.55. The Kier molecular flexibility index (Phi) is 2.91. The van der Waals surface area contributed by atoms with Gasteiger partial charge in [-0.3, -0.25) is 4.98 Å². The molecular formula is C14H21N3. The van der Waals surface area contributed by atoms with Gasteiger partial charge in [0.05, 0.1) is 23.8 Å². The number of hydrogen-bond acceptors (Lipinski definition) is 3. The zero-order valence-corrected chi connectivity index (χ0v) is 10.5. The van der Waals surface area contributed by atoms with Gasteiger partial charge in [0.25, 0.3) is 0 Å². The van der Waals surface area contributed by atoms with E-state index in [9.17, 15) is 0 Å². The van der Waals surface area contributed by atoms with E-state index in [0.29, 0.717) is 0 Å². The zero-order valence-electron chi connectivity index (χ0n) is 10.5. The minimum absolute atomic E-state index is 0.781. The Labute approximate surface area is 103 Å². The van der Waals surface area contributed by atoms with Crippen LogP contribution in [0.5, 0.6) is 0 Å². The molecule has 2 unspecified atom stereocenters. The molecule has 2 atom stereocenters. The summed E-state index contributed by atoms with van der Waals surface area (Å²) in [5.41, 5.74) is 2.46. The van der Waals surface area contributed by atoms with E-state index in [1.54, 1.807) is 0 Å². The lowest BCUT2D eigenvalue weighted by atomic mass is 10.1. The molecule has 1 saturated heterocycles. The number of hydrogen-bond donors (Lipinski definition) is 1. The maximum Gasteiger partial charge on any atom is 0.0576 e. The van der Waals surface area contributed by atoms with Gasteiger partial charge in [-0.1, -0.05) is 6.92 Å². The largest absolute Gasteiger partial charge is 0.384 e. The number of rotatable bonds is 4. The van der Waals surface area contributed by atoms with E-state index >= 15 is 0 Å². The van der Waals surface area contributed by atoms with Crippen LogP contribution in [0.15, 0.2) is 18.5 Å². The van der Waals surface area contributed by atoms with Crippen LogP contribution in [0.3, 0.4) is 0 Å². The molecule has 1 aromatic heterocycles. The summed E-state index contributed by atoms with van der Waals surface area (Å²) in [6.45, 7) is 4.45. The van der Waals surface area contributed by atoms with Crippen molar-refractivity contribution in [3.63, 3.8) is 0 Å². The Balaban J connectivity index is 1.74. The van der Waals surface area contributed by atoms with Gasteiger partial charge < -0.3 is 10.2 Å². The minimum atomic E-state index is 0.781. The van der Waals surface area contributed by atoms with E-state index in [4.69, 9.17) is 0 Å². The van der Waals surface area contributed by atoms with E-state index in [1.165, 1.54) is 31.5 Å². The van der Waals surface area contributed by atoms with Gasteiger partial charge in [-0.2, -0.15) is 0 Å². The van der Waals surface area contributed by atoms with Crippen molar-refractivity contribution in [2.24, 2.45) is 5.92 Å². The number of fused-ring (bicyclic) bond motifs is 2. The van der Waals surface area contributed by atoms with Gasteiger partial charge in [0, 0.05) is 19.1 Å². The van der Waals surface area contributed by atoms with Crippen LogP contribution < -0.4 is 10.2 Å². The molecule has 17 heavy (non-hydrogen) atoms. The number of piperidine rings is 1. The van der Waals surface area contributed by atoms with E-state index in [-0.39, 0.29) is 0 Å². The van der Waals surface area contributed by atoms with Crippen molar-refractivity contribution in [3.05, 3.63) is 18.5 Å². The third-order valence-corrected chi connectivity index (χ3v) is 4.04. The van der Waals surface area contributed by atoms with Crippen molar-refractivity contribution >= 4 is 11.4 Å². The summed E-state index contributed by atoms with van der Waals surface area (Å²) < 4.78 is 0. The highest BCUT2D eigenvalue weighted by molar-refractivity contribution is 5.57. The lowest BCUT2D eigenvalue weighted by Crippen LogP contribution is -2.31. The monoisotopic (exact) mass is 231 g/mol. The Bertz CT molecular complexity index is 391. The van der Waals surface area contributed by atoms with Crippen LogP contribution in [-0.4, -0.2) is 24.1 Å². The number of pyridine rings is 1. The number of aromatic nitrogens is 1. The van der Waals surface area contributed by atoms with Crippen LogP contribution in [0.1, 0.15) is 32.6 Å². The van der Waals surface area contributed by atoms with E-state index in [0.717, 1.165) is 30.6 Å². The molecule has 1 saturated carbocycles. The fourth-order valence-electron chi connectivity index (χ4n) is 3.19. The second-order valence-electron chi connectivity index (χ2n) is 5.34. The standard InChI is InChI=1S/C14H21N3/c1-2-5-16-12-7-14(9-15-8-12)17-10-11-3-4-13(17)6-11/h7-9,11,13,16H,2-6,10H2,1H3. The fraction of sp³-hybridized carbons (Fsp3) is 0.643. The molecule has 2 aliphatic rings. The van der Waals surface area contributed by atoms with Gasteiger partial charge in [0.1, 0.15) is 0 Å². The summed E-state index contributed by atoms with van der Waals surface area (Å²) in [5, 5.41) is 3.41. The Morgan fingerprint density at radius 2 is 2.35 bits per heavy atom. The quantitative estimate of drug-likeness (QED) is 0.863. The van der Waals surface area contributed by atoms with Crippen LogP contribution in [-0.2, 0) is 0 Å². The van der Waals surface area contributed by atoms with Crippen molar-refractivity contribution < 1.29 is 0 Å². The lowest BCUT2D eigenvalue weighted by Gasteiger charge is -2.29. The summed E-state index contributed by atoms with van der Waals surface area (Å²) in [4.78, 5) is 6.92. The number of nitrogens with zero attached hydrogens (tertiary/aromatic N) is 2. The molecule has 3 heteroatoms. The average molecular weight is 231 g/mol. The summed E-state index contributed by atoms with van der Waals surface area (Å²) in [5.74, 6) is 0.937. The van der Waals surface area contributed by atoms with Crippen LogP contribution >= 0.6 is 0 Å². The van der Waals surface area contributed by atoms with Crippen LogP contribution in [0.2, 0.25) is 0 Å².